The summed E-state index contributed by atoms with van der Waals surface area (Å²) >= 11 is 6.66. The molecular weight excluding hydrogens is 583 g/mol. The van der Waals surface area contributed by atoms with E-state index in [1.807, 2.05) is 30.6 Å². The molecule has 0 N–H and O–H groups in total. The first-order chi connectivity index (χ1) is 21.2. The lowest BCUT2D eigenvalue weighted by Crippen LogP contribution is -2.57. The number of aromatic nitrogens is 3. The molecule has 3 aromatic rings. The zero-order valence-corrected chi connectivity index (χ0v) is 25.8. The van der Waals surface area contributed by atoms with Crippen LogP contribution in [0.25, 0.3) is 15.6 Å². The lowest BCUT2D eigenvalue weighted by Gasteiger charge is -2.41. The smallest absolute Gasteiger partial charge is 0.318 e. The highest BCUT2D eigenvalue weighted by Crippen LogP contribution is 2.37. The molecule has 3 aliphatic rings. The third kappa shape index (κ3) is 6.01. The predicted molar refractivity (Wildman–Crippen MR) is 169 cm³/mol. The Hall–Kier alpha value is -4.01. The molecule has 44 heavy (non-hydrogen) atoms. The van der Waals surface area contributed by atoms with E-state index in [1.54, 1.807) is 0 Å². The van der Waals surface area contributed by atoms with Gasteiger partial charge in [0.25, 0.3) is 5.91 Å². The van der Waals surface area contributed by atoms with Gasteiger partial charge >= 0.3 is 6.01 Å². The quantitative estimate of drug-likeness (QED) is 0.256. The van der Waals surface area contributed by atoms with Gasteiger partial charge in [-0.3, -0.25) is 14.7 Å². The molecular formula is C32H36ClFN8O2. The molecule has 0 bridgehead atoms. The van der Waals surface area contributed by atoms with E-state index in [-0.39, 0.29) is 19.1 Å². The van der Waals surface area contributed by atoms with E-state index in [9.17, 15) is 9.18 Å². The molecule has 0 radical (unpaired) electrons. The molecule has 1 aliphatic carbocycles. The topological polar surface area (TPSA) is 82.3 Å². The molecule has 6 rings (SSSR count). The van der Waals surface area contributed by atoms with Crippen molar-refractivity contribution >= 4 is 39.8 Å². The van der Waals surface area contributed by atoms with Crippen molar-refractivity contribution in [3.05, 3.63) is 70.7 Å². The van der Waals surface area contributed by atoms with Crippen LogP contribution in [-0.2, 0) is 17.8 Å². The van der Waals surface area contributed by atoms with E-state index in [0.29, 0.717) is 56.3 Å². The minimum atomic E-state index is -1.02. The highest BCUT2D eigenvalue weighted by molar-refractivity contribution is 6.36. The predicted octanol–water partition coefficient (Wildman–Crippen LogP) is 4.52. The molecule has 1 amide bonds. The summed E-state index contributed by atoms with van der Waals surface area (Å²) in [6.45, 7) is 15.5. The minimum Gasteiger partial charge on any atom is -0.462 e. The van der Waals surface area contributed by atoms with Crippen LogP contribution < -0.4 is 14.5 Å². The van der Waals surface area contributed by atoms with Crippen molar-refractivity contribution in [2.45, 2.75) is 50.9 Å². The number of rotatable bonds is 9. The molecule has 2 atom stereocenters. The van der Waals surface area contributed by atoms with Crippen molar-refractivity contribution in [3.63, 3.8) is 0 Å². The van der Waals surface area contributed by atoms with Crippen molar-refractivity contribution in [1.29, 1.82) is 0 Å². The molecule has 230 valence electrons. The number of pyridine rings is 1. The number of anilines is 2. The molecule has 1 saturated heterocycles. The number of likely N-dealkylation sites (N-methyl/N-ethyl adjacent to an activating group) is 1. The summed E-state index contributed by atoms with van der Waals surface area (Å²) in [5.41, 5.74) is 2.80. The first-order valence-corrected chi connectivity index (χ1v) is 15.4. The number of carbonyl (C=O) groups is 1. The third-order valence-corrected chi connectivity index (χ3v) is 9.24. The summed E-state index contributed by atoms with van der Waals surface area (Å²) in [6, 6.07) is 6.41. The fourth-order valence-electron chi connectivity index (χ4n) is 6.22. The maximum atomic E-state index is 13.8. The van der Waals surface area contributed by atoms with Crippen molar-refractivity contribution in [3.8, 4) is 6.01 Å². The van der Waals surface area contributed by atoms with Gasteiger partial charge in [0.2, 0.25) is 6.54 Å². The molecule has 0 unspecified atom stereocenters. The number of piperazine rings is 1. The van der Waals surface area contributed by atoms with E-state index in [0.717, 1.165) is 33.5 Å². The number of hydrogen-bond acceptors (Lipinski definition) is 8. The van der Waals surface area contributed by atoms with E-state index in [2.05, 4.69) is 45.1 Å². The number of ether oxygens (including phenoxy) is 1. The molecule has 4 heterocycles. The van der Waals surface area contributed by atoms with Gasteiger partial charge < -0.3 is 24.3 Å². The molecule has 1 aromatic carbocycles. The van der Waals surface area contributed by atoms with Gasteiger partial charge in [0.15, 0.2) is 5.83 Å². The van der Waals surface area contributed by atoms with Gasteiger partial charge in [0, 0.05) is 60.8 Å². The molecule has 10 nitrogen and oxygen atoms in total. The Morgan fingerprint density at radius 2 is 2.07 bits per heavy atom. The second-order valence-electron chi connectivity index (χ2n) is 11.8. The van der Waals surface area contributed by atoms with Gasteiger partial charge in [-0.15, -0.1) is 0 Å². The van der Waals surface area contributed by atoms with E-state index in [4.69, 9.17) is 32.9 Å². The van der Waals surface area contributed by atoms with Gasteiger partial charge in [-0.25, -0.2) is 11.0 Å². The van der Waals surface area contributed by atoms with Crippen LogP contribution in [0, 0.1) is 6.57 Å². The number of hydrogen-bond donors (Lipinski definition) is 0. The maximum Gasteiger partial charge on any atom is 0.318 e. The Morgan fingerprint density at radius 1 is 1.25 bits per heavy atom. The summed E-state index contributed by atoms with van der Waals surface area (Å²) in [7, 11) is 2.12. The Bertz CT molecular complexity index is 1620. The molecule has 1 saturated carbocycles. The Balaban J connectivity index is 1.33. The maximum absolute atomic E-state index is 13.8. The SMILES string of the molecule is [C-]#[N+]C[C@H]1CN(c2nc(OC[C@H](C)N(C)C3CC3)nc3c2CCN(c2cncc4cccc(Cl)c24)C3)CCN1C(=O)C(=C)F. The van der Waals surface area contributed by atoms with Crippen molar-refractivity contribution in [2.24, 2.45) is 0 Å². The number of carbonyl (C=O) groups excluding carboxylic acids is 1. The second-order valence-corrected chi connectivity index (χ2v) is 12.2. The first kappa shape index (κ1) is 30.0. The molecule has 0 spiro atoms. The monoisotopic (exact) mass is 618 g/mol. The van der Waals surface area contributed by atoms with Crippen LogP contribution in [0.2, 0.25) is 5.02 Å². The lowest BCUT2D eigenvalue weighted by molar-refractivity contribution is -0.131. The second kappa shape index (κ2) is 12.5. The largest absolute Gasteiger partial charge is 0.462 e. The first-order valence-electron chi connectivity index (χ1n) is 15.0. The van der Waals surface area contributed by atoms with Crippen molar-refractivity contribution in [1.82, 2.24) is 24.8 Å². The van der Waals surface area contributed by atoms with Gasteiger partial charge in [0.1, 0.15) is 18.5 Å². The summed E-state index contributed by atoms with van der Waals surface area (Å²) in [5.74, 6) is -1.04. The summed E-state index contributed by atoms with van der Waals surface area (Å²) < 4.78 is 20.1. The van der Waals surface area contributed by atoms with Gasteiger partial charge in [0.05, 0.1) is 29.1 Å². The van der Waals surface area contributed by atoms with Crippen molar-refractivity contribution < 1.29 is 13.9 Å². The van der Waals surface area contributed by atoms with E-state index < -0.39 is 17.8 Å². The third-order valence-electron chi connectivity index (χ3n) is 8.92. The molecule has 12 heteroatoms. The summed E-state index contributed by atoms with van der Waals surface area (Å²) in [5, 5.41) is 2.59. The van der Waals surface area contributed by atoms with Crippen molar-refractivity contribution in [2.75, 3.05) is 56.2 Å². The average Bonchev–Trinajstić information content (AvgIpc) is 3.88. The number of fused-ring (bicyclic) bond motifs is 2. The summed E-state index contributed by atoms with van der Waals surface area (Å²) in [6.07, 6.45) is 6.74. The zero-order valence-electron chi connectivity index (χ0n) is 25.0. The molecule has 2 aromatic heterocycles. The van der Waals surface area contributed by atoms with Crippen LogP contribution >= 0.6 is 11.6 Å². The molecule has 2 aliphatic heterocycles. The number of halogens is 2. The zero-order chi connectivity index (χ0) is 31.0. The fraction of sp³-hybridized carbons (Fsp3) is 0.469. The van der Waals surface area contributed by atoms with Gasteiger partial charge in [-0.1, -0.05) is 30.3 Å². The lowest BCUT2D eigenvalue weighted by atomic mass is 10.0. The van der Waals surface area contributed by atoms with Gasteiger partial charge in [-0.05, 0) is 39.3 Å². The summed E-state index contributed by atoms with van der Waals surface area (Å²) in [4.78, 5) is 38.4. The standard InChI is InChI=1S/C32H36ClFN8O2/c1-20(39(4)23-8-9-23)19-44-32-37-27-18-40(28-16-36-14-22-6-5-7-26(33)29(22)28)11-10-25(27)30(38-32)41-12-13-42(31(43)21(2)34)24(17-41)15-35-3/h5-7,14,16,20,23-24H,2,8-13,15,17-19H2,1,4H3/t20-,24-/m0/s1. The van der Waals surface area contributed by atoms with Crippen LogP contribution in [0.1, 0.15) is 31.0 Å². The van der Waals surface area contributed by atoms with E-state index in [1.165, 1.54) is 17.7 Å². The molecule has 2 fully saturated rings. The van der Waals surface area contributed by atoms with Gasteiger partial charge in [-0.2, -0.15) is 9.97 Å². The van der Waals surface area contributed by atoms with Crippen LogP contribution in [0.5, 0.6) is 6.01 Å². The normalized spacial score (nSPS) is 19.1. The van der Waals surface area contributed by atoms with Crippen LogP contribution in [0.3, 0.4) is 0 Å². The van der Waals surface area contributed by atoms with Crippen LogP contribution in [-0.4, -0.2) is 95.2 Å². The van der Waals surface area contributed by atoms with E-state index >= 15 is 0 Å². The Morgan fingerprint density at radius 3 is 2.82 bits per heavy atom. The number of amides is 1. The minimum absolute atomic E-state index is 0.0553. The Kier molecular flexibility index (Phi) is 8.56. The number of benzene rings is 1. The Labute approximate surface area is 261 Å². The van der Waals surface area contributed by atoms with Crippen LogP contribution in [0.15, 0.2) is 43.0 Å². The van der Waals surface area contributed by atoms with Crippen LogP contribution in [0.4, 0.5) is 15.9 Å². The highest BCUT2D eigenvalue weighted by Gasteiger charge is 2.36. The average molecular weight is 619 g/mol. The highest BCUT2D eigenvalue weighted by atomic mass is 35.5. The fourth-order valence-corrected chi connectivity index (χ4v) is 6.50. The number of nitrogens with zero attached hydrogens (tertiary/aromatic N) is 8.